The molecular weight excluding hydrogens is 154 g/mol. The highest BCUT2D eigenvalue weighted by atomic mass is 32.9. The lowest BCUT2D eigenvalue weighted by Gasteiger charge is -1.75. The molecule has 0 aliphatic carbocycles. The third-order valence-corrected chi connectivity index (χ3v) is 2.95. The second-order valence-corrected chi connectivity index (χ2v) is 3.91. The van der Waals surface area contributed by atoms with Crippen LogP contribution in [-0.4, -0.2) is 19.1 Å². The Morgan fingerprint density at radius 1 is 1.44 bits per heavy atom. The van der Waals surface area contributed by atoms with Crippen LogP contribution in [-0.2, 0) is 0 Å². The molecule has 1 rings (SSSR count). The van der Waals surface area contributed by atoms with Crippen LogP contribution in [0.15, 0.2) is 0 Å². The van der Waals surface area contributed by atoms with E-state index in [0.29, 0.717) is 5.13 Å². The lowest BCUT2D eigenvalue weighted by Crippen LogP contribution is -2.20. The summed E-state index contributed by atoms with van der Waals surface area (Å²) in [7, 11) is 6.99. The Kier molecular flexibility index (Phi) is 1.82. The van der Waals surface area contributed by atoms with Gasteiger partial charge >= 0.3 is 9.93 Å². The zero-order valence-electron chi connectivity index (χ0n) is 5.29. The lowest BCUT2D eigenvalue weighted by molar-refractivity contribution is 0.804. The van der Waals surface area contributed by atoms with Crippen LogP contribution in [0.25, 0.3) is 0 Å². The molecule has 0 fully saturated rings. The van der Waals surface area contributed by atoms with E-state index in [9.17, 15) is 0 Å². The van der Waals surface area contributed by atoms with Gasteiger partial charge in [-0.25, -0.2) is 0 Å². The fraction of sp³-hybridized carbons (Fsp3) is 0.500. The largest absolute Gasteiger partial charge is 0.390 e. The first-order valence-corrected chi connectivity index (χ1v) is 4.58. The first kappa shape index (κ1) is 6.70. The van der Waals surface area contributed by atoms with Crippen LogP contribution in [0.3, 0.4) is 0 Å². The molecule has 0 spiro atoms. The second kappa shape index (κ2) is 2.45. The highest BCUT2D eigenvalue weighted by Gasteiger charge is 2.00. The Bertz CT molecular complexity index is 255. The van der Waals surface area contributed by atoms with E-state index >= 15 is 0 Å². The number of hydrogen-bond donors (Lipinski definition) is 1. The van der Waals surface area contributed by atoms with Gasteiger partial charge in [0.15, 0.2) is 0 Å². The summed E-state index contributed by atoms with van der Waals surface area (Å²) in [4.78, 5) is 5.02. The first-order valence-electron chi connectivity index (χ1n) is 2.43. The van der Waals surface area contributed by atoms with E-state index in [0.717, 1.165) is 4.80 Å². The van der Waals surface area contributed by atoms with Gasteiger partial charge in [-0.15, -0.1) is 0 Å². The molecule has 2 N–H and O–H groups in total. The first-order chi connectivity index (χ1) is 4.20. The highest BCUT2D eigenvalue weighted by Crippen LogP contribution is 2.05. The summed E-state index contributed by atoms with van der Waals surface area (Å²) in [6, 6.07) is 0. The fourth-order valence-corrected chi connectivity index (χ4v) is 2.16. The standard InChI is InChI=1S/C4H7N3S2/c1-7(2)4-6-3(5)8-9-4/h5H,1-2H3/p+1. The Hall–Kier alpha value is -0.420. The van der Waals surface area contributed by atoms with Gasteiger partial charge in [0.05, 0.1) is 14.1 Å². The van der Waals surface area contributed by atoms with Gasteiger partial charge in [-0.1, -0.05) is 0 Å². The molecule has 1 aromatic rings. The molecule has 0 bridgehead atoms. The molecule has 3 nitrogen and oxygen atoms in total. The smallest absolute Gasteiger partial charge is 0.353 e. The predicted octanol–water partition coefficient (Wildman–Crippen LogP) is -0.181. The molecule has 5 heteroatoms. The van der Waals surface area contributed by atoms with Crippen LogP contribution in [0.1, 0.15) is 0 Å². The number of nitrogens with zero attached hydrogens (tertiary/aromatic N) is 2. The third kappa shape index (κ3) is 1.49. The van der Waals surface area contributed by atoms with Gasteiger partial charge in [0.2, 0.25) is 0 Å². The fourth-order valence-electron chi connectivity index (χ4n) is 0.386. The quantitative estimate of drug-likeness (QED) is 0.425. The molecule has 50 valence electrons. The second-order valence-electron chi connectivity index (χ2n) is 1.79. The molecule has 0 amide bonds. The monoisotopic (exact) mass is 162 g/mol. The van der Waals surface area contributed by atoms with Gasteiger partial charge in [0.1, 0.15) is 0 Å². The maximum absolute atomic E-state index is 5.41. The summed E-state index contributed by atoms with van der Waals surface area (Å²) in [5, 5.41) is 0.642. The van der Waals surface area contributed by atoms with Crippen molar-refractivity contribution in [1.29, 1.82) is 0 Å². The van der Waals surface area contributed by atoms with Crippen molar-refractivity contribution in [1.82, 2.24) is 9.56 Å². The minimum absolute atomic E-state index is 0.642. The summed E-state index contributed by atoms with van der Waals surface area (Å²) >= 11 is 0. The molecule has 1 heterocycles. The van der Waals surface area contributed by atoms with Crippen molar-refractivity contribution in [2.45, 2.75) is 0 Å². The summed E-state index contributed by atoms with van der Waals surface area (Å²) in [5.41, 5.74) is 5.41. The van der Waals surface area contributed by atoms with Gasteiger partial charge in [-0.05, 0) is 10.3 Å². The van der Waals surface area contributed by atoms with Gasteiger partial charge in [-0.2, -0.15) is 0 Å². The van der Waals surface area contributed by atoms with Crippen molar-refractivity contribution >= 4 is 25.8 Å². The maximum Gasteiger partial charge on any atom is 0.390 e. The molecule has 1 aromatic heterocycles. The molecule has 0 aliphatic rings. The average molecular weight is 162 g/mol. The van der Waals surface area contributed by atoms with E-state index in [1.165, 1.54) is 10.3 Å². The number of hydrogen-bond acceptors (Lipinski definition) is 4. The third-order valence-electron chi connectivity index (χ3n) is 0.790. The van der Waals surface area contributed by atoms with Gasteiger partial charge in [0.25, 0.3) is 0 Å². The molecular formula is C4H8N3S2+. The van der Waals surface area contributed by atoms with Crippen molar-refractivity contribution in [3.05, 3.63) is 4.80 Å². The normalized spacial score (nSPS) is 9.56. The van der Waals surface area contributed by atoms with Crippen LogP contribution in [0.5, 0.6) is 0 Å². The molecule has 9 heavy (non-hydrogen) atoms. The van der Waals surface area contributed by atoms with Crippen LogP contribution in [0, 0.1) is 0 Å². The van der Waals surface area contributed by atoms with Crippen LogP contribution >= 0.6 is 20.7 Å². The predicted molar refractivity (Wildman–Crippen MR) is 41.5 cm³/mol. The average Bonchev–Trinajstić information content (AvgIpc) is 2.14. The zero-order chi connectivity index (χ0) is 6.85. The van der Waals surface area contributed by atoms with E-state index in [2.05, 4.69) is 4.98 Å². The van der Waals surface area contributed by atoms with Crippen molar-refractivity contribution in [3.63, 3.8) is 0 Å². The minimum atomic E-state index is 0.642. The lowest BCUT2D eigenvalue weighted by atomic mass is 11.1. The van der Waals surface area contributed by atoms with E-state index in [1.54, 1.807) is 10.3 Å². The Labute approximate surface area is 60.5 Å². The number of nitrogens with two attached hydrogens (primary N) is 1. The van der Waals surface area contributed by atoms with Crippen molar-refractivity contribution in [2.75, 3.05) is 19.8 Å². The Morgan fingerprint density at radius 2 is 2.11 bits per heavy atom. The van der Waals surface area contributed by atoms with E-state index in [-0.39, 0.29) is 0 Å². The van der Waals surface area contributed by atoms with E-state index < -0.39 is 0 Å². The molecule has 0 saturated heterocycles. The summed E-state index contributed by atoms with van der Waals surface area (Å²) in [5.74, 6) is 0. The van der Waals surface area contributed by atoms with Gasteiger partial charge < -0.3 is 5.73 Å². The van der Waals surface area contributed by atoms with E-state index in [4.69, 9.17) is 5.73 Å². The summed E-state index contributed by atoms with van der Waals surface area (Å²) < 4.78 is 1.94. The van der Waals surface area contributed by atoms with Crippen LogP contribution in [0.2, 0.25) is 0 Å². The van der Waals surface area contributed by atoms with Crippen molar-refractivity contribution in [2.24, 2.45) is 0 Å². The Balaban J connectivity index is 3.28. The number of anilines is 1. The molecule has 0 saturated carbocycles. The summed E-state index contributed by atoms with van der Waals surface area (Å²) in [6.07, 6.45) is 0. The maximum atomic E-state index is 5.41. The number of nitrogen functional groups attached to an aromatic ring is 1. The minimum Gasteiger partial charge on any atom is -0.353 e. The van der Waals surface area contributed by atoms with Crippen LogP contribution < -0.4 is 15.1 Å². The van der Waals surface area contributed by atoms with Crippen molar-refractivity contribution in [3.8, 4) is 0 Å². The van der Waals surface area contributed by atoms with E-state index in [1.807, 2.05) is 18.7 Å². The SMILES string of the molecule is C[N+](C)=c1nc(N)ss1. The number of aromatic nitrogens is 1. The molecule has 0 aliphatic heterocycles. The van der Waals surface area contributed by atoms with Crippen LogP contribution in [0.4, 0.5) is 5.13 Å². The molecule has 0 radical (unpaired) electrons. The zero-order valence-corrected chi connectivity index (χ0v) is 6.92. The topological polar surface area (TPSA) is 41.9 Å². The molecule has 0 unspecified atom stereocenters. The Morgan fingerprint density at radius 3 is 2.33 bits per heavy atom. The molecule has 0 atom stereocenters. The number of rotatable bonds is 0. The van der Waals surface area contributed by atoms with Gasteiger partial charge in [-0.3, -0.25) is 4.58 Å². The van der Waals surface area contributed by atoms with Gasteiger partial charge in [0, 0.05) is 15.3 Å². The molecule has 0 aromatic carbocycles. The highest BCUT2D eigenvalue weighted by molar-refractivity contribution is 7.69. The van der Waals surface area contributed by atoms with Crippen molar-refractivity contribution < 1.29 is 0 Å². The summed E-state index contributed by atoms with van der Waals surface area (Å²) in [6.45, 7) is 0.